The normalized spacial score (nSPS) is 10.4. The zero-order valence-corrected chi connectivity index (χ0v) is 14.1. The molecule has 0 saturated heterocycles. The third kappa shape index (κ3) is 4.32. The maximum Gasteiger partial charge on any atom is 0.262 e. The summed E-state index contributed by atoms with van der Waals surface area (Å²) in [5.41, 5.74) is 3.68. The van der Waals surface area contributed by atoms with Crippen LogP contribution in [0.1, 0.15) is 16.7 Å². The van der Waals surface area contributed by atoms with E-state index in [0.717, 1.165) is 15.7 Å². The van der Waals surface area contributed by atoms with E-state index < -0.39 is 0 Å². The fraction of sp³-hybridized carbons (Fsp3) is 0.235. The van der Waals surface area contributed by atoms with Gasteiger partial charge in [-0.3, -0.25) is 4.79 Å². The van der Waals surface area contributed by atoms with E-state index in [0.29, 0.717) is 11.3 Å². The van der Waals surface area contributed by atoms with Crippen LogP contribution in [-0.2, 0) is 11.4 Å². The highest BCUT2D eigenvalue weighted by molar-refractivity contribution is 9.10. The van der Waals surface area contributed by atoms with Gasteiger partial charge in [-0.2, -0.15) is 0 Å². The zero-order chi connectivity index (χ0) is 16.1. The van der Waals surface area contributed by atoms with E-state index in [1.54, 1.807) is 18.2 Å². The molecule has 0 aliphatic heterocycles. The monoisotopic (exact) mass is 363 g/mol. The van der Waals surface area contributed by atoms with Crippen LogP contribution in [0, 0.1) is 13.8 Å². The summed E-state index contributed by atoms with van der Waals surface area (Å²) >= 11 is 3.33. The molecular weight excluding hydrogens is 346 g/mol. The molecule has 0 saturated carbocycles. The van der Waals surface area contributed by atoms with Crippen LogP contribution in [0.15, 0.2) is 40.9 Å². The molecule has 0 spiro atoms. The molecule has 2 N–H and O–H groups in total. The lowest BCUT2D eigenvalue weighted by molar-refractivity contribution is -0.118. The number of halogens is 1. The maximum absolute atomic E-state index is 11.9. The summed E-state index contributed by atoms with van der Waals surface area (Å²) in [5.74, 6) is 0.260. The summed E-state index contributed by atoms with van der Waals surface area (Å²) in [5, 5.41) is 12.1. The lowest BCUT2D eigenvalue weighted by Crippen LogP contribution is -2.20. The quantitative estimate of drug-likeness (QED) is 0.853. The molecule has 0 fully saturated rings. The van der Waals surface area contributed by atoms with Gasteiger partial charge in [0, 0.05) is 15.7 Å². The maximum atomic E-state index is 11.9. The Morgan fingerprint density at radius 3 is 2.64 bits per heavy atom. The predicted octanol–water partition coefficient (Wildman–Crippen LogP) is 3.58. The number of anilines is 1. The number of amides is 1. The van der Waals surface area contributed by atoms with Gasteiger partial charge in [0.2, 0.25) is 0 Å². The molecule has 0 aliphatic rings. The van der Waals surface area contributed by atoms with Gasteiger partial charge in [-0.15, -0.1) is 0 Å². The number of aryl methyl sites for hydroxylation is 2. The number of carbonyl (C=O) groups excluding carboxylic acids is 1. The second kappa shape index (κ2) is 7.42. The topological polar surface area (TPSA) is 58.6 Å². The van der Waals surface area contributed by atoms with E-state index in [-0.39, 0.29) is 19.1 Å². The molecule has 0 atom stereocenters. The Bertz CT molecular complexity index is 686. The smallest absolute Gasteiger partial charge is 0.262 e. The number of hydrogen-bond donors (Lipinski definition) is 2. The molecule has 2 aromatic carbocycles. The van der Waals surface area contributed by atoms with Crippen molar-refractivity contribution in [3.63, 3.8) is 0 Å². The molecule has 0 aliphatic carbocycles. The van der Waals surface area contributed by atoms with Gasteiger partial charge in [0.25, 0.3) is 5.91 Å². The van der Waals surface area contributed by atoms with E-state index >= 15 is 0 Å². The van der Waals surface area contributed by atoms with Crippen LogP contribution < -0.4 is 10.1 Å². The Balaban J connectivity index is 1.96. The Morgan fingerprint density at radius 2 is 1.95 bits per heavy atom. The third-order valence-electron chi connectivity index (χ3n) is 3.34. The van der Waals surface area contributed by atoms with Crippen molar-refractivity contribution < 1.29 is 14.6 Å². The number of carbonyl (C=O) groups is 1. The SMILES string of the molecule is Cc1ccc(NC(=O)COc2ccc(Br)cc2CO)cc1C. The largest absolute Gasteiger partial charge is 0.483 e. The van der Waals surface area contributed by atoms with Gasteiger partial charge in [-0.1, -0.05) is 22.0 Å². The van der Waals surface area contributed by atoms with Gasteiger partial charge in [-0.25, -0.2) is 0 Å². The van der Waals surface area contributed by atoms with Gasteiger partial charge in [0.15, 0.2) is 6.61 Å². The highest BCUT2D eigenvalue weighted by Gasteiger charge is 2.08. The van der Waals surface area contributed by atoms with Crippen molar-refractivity contribution in [3.8, 4) is 5.75 Å². The van der Waals surface area contributed by atoms with E-state index in [1.807, 2.05) is 32.0 Å². The van der Waals surface area contributed by atoms with Crippen molar-refractivity contribution in [2.75, 3.05) is 11.9 Å². The number of ether oxygens (including phenoxy) is 1. The van der Waals surface area contributed by atoms with Gasteiger partial charge in [0.1, 0.15) is 5.75 Å². The molecule has 2 aromatic rings. The lowest BCUT2D eigenvalue weighted by atomic mass is 10.1. The lowest BCUT2D eigenvalue weighted by Gasteiger charge is -2.11. The minimum atomic E-state index is -0.241. The fourth-order valence-corrected chi connectivity index (χ4v) is 2.38. The first kappa shape index (κ1) is 16.5. The van der Waals surface area contributed by atoms with Crippen molar-refractivity contribution >= 4 is 27.5 Å². The van der Waals surface area contributed by atoms with Crippen LogP contribution in [0.5, 0.6) is 5.75 Å². The van der Waals surface area contributed by atoms with Gasteiger partial charge in [-0.05, 0) is 55.3 Å². The summed E-state index contributed by atoms with van der Waals surface area (Å²) in [7, 11) is 0. The number of rotatable bonds is 5. The van der Waals surface area contributed by atoms with Crippen molar-refractivity contribution in [1.29, 1.82) is 0 Å². The van der Waals surface area contributed by atoms with Crippen LogP contribution in [0.3, 0.4) is 0 Å². The molecule has 0 heterocycles. The molecular formula is C17H18BrNO3. The van der Waals surface area contributed by atoms with Gasteiger partial charge >= 0.3 is 0 Å². The molecule has 116 valence electrons. The van der Waals surface area contributed by atoms with Gasteiger partial charge in [0.05, 0.1) is 6.61 Å². The van der Waals surface area contributed by atoms with Crippen LogP contribution in [-0.4, -0.2) is 17.6 Å². The summed E-state index contributed by atoms with van der Waals surface area (Å²) in [6, 6.07) is 11.0. The Labute approximate surface area is 138 Å². The van der Waals surface area contributed by atoms with E-state index in [2.05, 4.69) is 21.2 Å². The number of aliphatic hydroxyl groups excluding tert-OH is 1. The minimum absolute atomic E-state index is 0.110. The average molecular weight is 364 g/mol. The summed E-state index contributed by atoms with van der Waals surface area (Å²) in [6.45, 7) is 3.76. The highest BCUT2D eigenvalue weighted by atomic mass is 79.9. The zero-order valence-electron chi connectivity index (χ0n) is 12.5. The first-order valence-corrected chi connectivity index (χ1v) is 7.68. The molecule has 22 heavy (non-hydrogen) atoms. The second-order valence-corrected chi connectivity index (χ2v) is 5.96. The molecule has 4 nitrogen and oxygen atoms in total. The summed E-state index contributed by atoms with van der Waals surface area (Å²) in [6.07, 6.45) is 0. The Morgan fingerprint density at radius 1 is 1.18 bits per heavy atom. The van der Waals surface area contributed by atoms with E-state index in [4.69, 9.17) is 4.74 Å². The van der Waals surface area contributed by atoms with Crippen LogP contribution in [0.25, 0.3) is 0 Å². The average Bonchev–Trinajstić information content (AvgIpc) is 2.49. The molecule has 5 heteroatoms. The number of benzene rings is 2. The number of aliphatic hydroxyl groups is 1. The van der Waals surface area contributed by atoms with Gasteiger partial charge < -0.3 is 15.2 Å². The molecule has 0 radical (unpaired) electrons. The van der Waals surface area contributed by atoms with Crippen LogP contribution in [0.4, 0.5) is 5.69 Å². The molecule has 0 bridgehead atoms. The van der Waals surface area contributed by atoms with Crippen molar-refractivity contribution in [2.45, 2.75) is 20.5 Å². The third-order valence-corrected chi connectivity index (χ3v) is 3.84. The molecule has 0 aromatic heterocycles. The Hall–Kier alpha value is -1.85. The van der Waals surface area contributed by atoms with E-state index in [1.165, 1.54) is 5.56 Å². The molecule has 0 unspecified atom stereocenters. The predicted molar refractivity (Wildman–Crippen MR) is 90.1 cm³/mol. The fourth-order valence-electron chi connectivity index (χ4n) is 1.97. The first-order chi connectivity index (χ1) is 10.5. The minimum Gasteiger partial charge on any atom is -0.483 e. The second-order valence-electron chi connectivity index (χ2n) is 5.05. The standard InChI is InChI=1S/C17H18BrNO3/c1-11-3-5-15(7-12(11)2)19-17(21)10-22-16-6-4-14(18)8-13(16)9-20/h3-8,20H,9-10H2,1-2H3,(H,19,21). The van der Waals surface area contributed by atoms with Crippen molar-refractivity contribution in [2.24, 2.45) is 0 Å². The summed E-state index contributed by atoms with van der Waals surface area (Å²) in [4.78, 5) is 11.9. The molecule has 1 amide bonds. The van der Waals surface area contributed by atoms with E-state index in [9.17, 15) is 9.90 Å². The Kier molecular flexibility index (Phi) is 5.57. The molecule has 2 rings (SSSR count). The highest BCUT2D eigenvalue weighted by Crippen LogP contribution is 2.23. The summed E-state index contributed by atoms with van der Waals surface area (Å²) < 4.78 is 6.33. The van der Waals surface area contributed by atoms with Crippen molar-refractivity contribution in [3.05, 3.63) is 57.6 Å². The van der Waals surface area contributed by atoms with Crippen LogP contribution >= 0.6 is 15.9 Å². The van der Waals surface area contributed by atoms with Crippen molar-refractivity contribution in [1.82, 2.24) is 0 Å². The number of nitrogens with one attached hydrogen (secondary N) is 1. The number of hydrogen-bond acceptors (Lipinski definition) is 3. The van der Waals surface area contributed by atoms with Crippen LogP contribution in [0.2, 0.25) is 0 Å². The first-order valence-electron chi connectivity index (χ1n) is 6.89.